The van der Waals surface area contributed by atoms with Gasteiger partial charge in [0.15, 0.2) is 0 Å². The van der Waals surface area contributed by atoms with Crippen molar-refractivity contribution in [3.63, 3.8) is 0 Å². The predicted molar refractivity (Wildman–Crippen MR) is 78.1 cm³/mol. The van der Waals surface area contributed by atoms with Gasteiger partial charge in [-0.15, -0.1) is 10.2 Å². The molecule has 0 spiro atoms. The smallest absolute Gasteiger partial charge is 0.247 e. The van der Waals surface area contributed by atoms with Crippen molar-refractivity contribution in [2.24, 2.45) is 0 Å². The SMILES string of the molecule is Cc1cccc(-c2nnc(Cc3ccc(N)cc3)o2)c1. The van der Waals surface area contributed by atoms with Gasteiger partial charge in [0, 0.05) is 11.3 Å². The van der Waals surface area contributed by atoms with Gasteiger partial charge in [-0.2, -0.15) is 0 Å². The van der Waals surface area contributed by atoms with Gasteiger partial charge in [-0.3, -0.25) is 0 Å². The van der Waals surface area contributed by atoms with Crippen molar-refractivity contribution in [2.75, 3.05) is 5.73 Å². The Hall–Kier alpha value is -2.62. The van der Waals surface area contributed by atoms with Crippen LogP contribution in [0.15, 0.2) is 52.9 Å². The Labute approximate surface area is 117 Å². The average molecular weight is 265 g/mol. The molecule has 1 heterocycles. The van der Waals surface area contributed by atoms with Crippen LogP contribution in [0, 0.1) is 6.92 Å². The summed E-state index contributed by atoms with van der Waals surface area (Å²) in [5.41, 5.74) is 9.62. The highest BCUT2D eigenvalue weighted by molar-refractivity contribution is 5.53. The van der Waals surface area contributed by atoms with E-state index in [0.717, 1.165) is 16.8 Å². The van der Waals surface area contributed by atoms with Crippen molar-refractivity contribution in [1.29, 1.82) is 0 Å². The van der Waals surface area contributed by atoms with Gasteiger partial charge in [-0.25, -0.2) is 0 Å². The van der Waals surface area contributed by atoms with E-state index in [2.05, 4.69) is 10.2 Å². The summed E-state index contributed by atoms with van der Waals surface area (Å²) >= 11 is 0. The van der Waals surface area contributed by atoms with Crippen LogP contribution in [-0.4, -0.2) is 10.2 Å². The lowest BCUT2D eigenvalue weighted by Crippen LogP contribution is -1.90. The molecular weight excluding hydrogens is 250 g/mol. The number of aromatic nitrogens is 2. The monoisotopic (exact) mass is 265 g/mol. The fraction of sp³-hybridized carbons (Fsp3) is 0.125. The van der Waals surface area contributed by atoms with Crippen molar-refractivity contribution in [3.05, 3.63) is 65.5 Å². The maximum absolute atomic E-state index is 5.71. The highest BCUT2D eigenvalue weighted by Crippen LogP contribution is 2.20. The first-order valence-electron chi connectivity index (χ1n) is 6.44. The topological polar surface area (TPSA) is 64.9 Å². The summed E-state index contributed by atoms with van der Waals surface area (Å²) in [6, 6.07) is 15.7. The largest absolute Gasteiger partial charge is 0.420 e. The quantitative estimate of drug-likeness (QED) is 0.738. The molecule has 0 amide bonds. The maximum Gasteiger partial charge on any atom is 0.247 e. The Bertz CT molecular complexity index is 717. The van der Waals surface area contributed by atoms with E-state index >= 15 is 0 Å². The molecule has 0 aliphatic carbocycles. The minimum atomic E-state index is 0.555. The molecule has 0 radical (unpaired) electrons. The summed E-state index contributed by atoms with van der Waals surface area (Å²) in [6.45, 7) is 2.04. The van der Waals surface area contributed by atoms with E-state index < -0.39 is 0 Å². The molecular formula is C16H15N3O. The van der Waals surface area contributed by atoms with Crippen LogP contribution in [0.5, 0.6) is 0 Å². The second-order valence-electron chi connectivity index (χ2n) is 4.79. The molecule has 20 heavy (non-hydrogen) atoms. The van der Waals surface area contributed by atoms with E-state index in [4.69, 9.17) is 10.2 Å². The molecule has 0 fully saturated rings. The third kappa shape index (κ3) is 2.69. The van der Waals surface area contributed by atoms with Gasteiger partial charge in [0.1, 0.15) is 0 Å². The summed E-state index contributed by atoms with van der Waals surface area (Å²) in [6.07, 6.45) is 0.610. The third-order valence-electron chi connectivity index (χ3n) is 3.07. The molecule has 0 bridgehead atoms. The zero-order valence-electron chi connectivity index (χ0n) is 11.2. The number of rotatable bonds is 3. The Morgan fingerprint density at radius 3 is 2.60 bits per heavy atom. The fourth-order valence-corrected chi connectivity index (χ4v) is 2.03. The van der Waals surface area contributed by atoms with Crippen molar-refractivity contribution in [2.45, 2.75) is 13.3 Å². The molecule has 0 atom stereocenters. The Morgan fingerprint density at radius 1 is 1.05 bits per heavy atom. The number of anilines is 1. The Morgan fingerprint density at radius 2 is 1.85 bits per heavy atom. The van der Waals surface area contributed by atoms with E-state index in [1.807, 2.05) is 55.5 Å². The summed E-state index contributed by atoms with van der Waals surface area (Å²) in [4.78, 5) is 0. The molecule has 0 saturated carbocycles. The number of benzene rings is 2. The van der Waals surface area contributed by atoms with E-state index in [9.17, 15) is 0 Å². The van der Waals surface area contributed by atoms with Crippen LogP contribution in [0.4, 0.5) is 5.69 Å². The van der Waals surface area contributed by atoms with Crippen LogP contribution >= 0.6 is 0 Å². The number of nitrogens with two attached hydrogens (primary N) is 1. The van der Waals surface area contributed by atoms with Crippen molar-refractivity contribution in [3.8, 4) is 11.5 Å². The molecule has 4 heteroatoms. The average Bonchev–Trinajstić information content (AvgIpc) is 2.90. The highest BCUT2D eigenvalue weighted by atomic mass is 16.4. The summed E-state index contributed by atoms with van der Waals surface area (Å²) < 4.78 is 5.71. The van der Waals surface area contributed by atoms with Crippen molar-refractivity contribution in [1.82, 2.24) is 10.2 Å². The van der Waals surface area contributed by atoms with E-state index in [-0.39, 0.29) is 0 Å². The zero-order valence-corrected chi connectivity index (χ0v) is 11.2. The van der Waals surface area contributed by atoms with Crippen LogP contribution in [0.2, 0.25) is 0 Å². The van der Waals surface area contributed by atoms with E-state index in [0.29, 0.717) is 18.2 Å². The minimum Gasteiger partial charge on any atom is -0.420 e. The molecule has 2 aromatic carbocycles. The van der Waals surface area contributed by atoms with Crippen LogP contribution in [0.25, 0.3) is 11.5 Å². The first-order chi connectivity index (χ1) is 9.70. The van der Waals surface area contributed by atoms with Crippen LogP contribution in [0.3, 0.4) is 0 Å². The lowest BCUT2D eigenvalue weighted by Gasteiger charge is -1.98. The first-order valence-corrected chi connectivity index (χ1v) is 6.44. The van der Waals surface area contributed by atoms with Crippen LogP contribution in [0.1, 0.15) is 17.0 Å². The maximum atomic E-state index is 5.71. The first kappa shape index (κ1) is 12.4. The van der Waals surface area contributed by atoms with Gasteiger partial charge in [-0.1, -0.05) is 29.8 Å². The molecule has 1 aromatic heterocycles. The molecule has 0 aliphatic rings. The van der Waals surface area contributed by atoms with Gasteiger partial charge in [0.25, 0.3) is 0 Å². The Balaban J connectivity index is 1.82. The number of nitrogens with zero attached hydrogens (tertiary/aromatic N) is 2. The van der Waals surface area contributed by atoms with Gasteiger partial charge in [-0.05, 0) is 36.8 Å². The van der Waals surface area contributed by atoms with Gasteiger partial charge >= 0.3 is 0 Å². The normalized spacial score (nSPS) is 10.7. The summed E-state index contributed by atoms with van der Waals surface area (Å²) in [5.74, 6) is 1.16. The van der Waals surface area contributed by atoms with Gasteiger partial charge < -0.3 is 10.2 Å². The second-order valence-corrected chi connectivity index (χ2v) is 4.79. The molecule has 0 aliphatic heterocycles. The standard InChI is InChI=1S/C16H15N3O/c1-11-3-2-4-13(9-11)16-19-18-15(20-16)10-12-5-7-14(17)8-6-12/h2-9H,10,17H2,1H3. The zero-order chi connectivity index (χ0) is 13.9. The number of nitrogen functional groups attached to an aromatic ring is 1. The van der Waals surface area contributed by atoms with Gasteiger partial charge in [0.2, 0.25) is 11.8 Å². The number of hydrogen-bond acceptors (Lipinski definition) is 4. The molecule has 0 saturated heterocycles. The van der Waals surface area contributed by atoms with E-state index in [1.54, 1.807) is 0 Å². The molecule has 100 valence electrons. The fourth-order valence-electron chi connectivity index (χ4n) is 2.03. The summed E-state index contributed by atoms with van der Waals surface area (Å²) in [5, 5.41) is 8.19. The molecule has 2 N–H and O–H groups in total. The molecule has 4 nitrogen and oxygen atoms in total. The lowest BCUT2D eigenvalue weighted by molar-refractivity contribution is 0.518. The van der Waals surface area contributed by atoms with Crippen LogP contribution < -0.4 is 5.73 Å². The minimum absolute atomic E-state index is 0.555. The second kappa shape index (κ2) is 5.17. The molecule has 3 aromatic rings. The van der Waals surface area contributed by atoms with Gasteiger partial charge in [0.05, 0.1) is 6.42 Å². The lowest BCUT2D eigenvalue weighted by atomic mass is 10.1. The predicted octanol–water partition coefficient (Wildman–Crippen LogP) is 3.22. The third-order valence-corrected chi connectivity index (χ3v) is 3.07. The molecule has 0 unspecified atom stereocenters. The Kier molecular flexibility index (Phi) is 3.21. The number of aryl methyl sites for hydroxylation is 1. The van der Waals surface area contributed by atoms with Crippen molar-refractivity contribution >= 4 is 5.69 Å². The molecule has 3 rings (SSSR count). The summed E-state index contributed by atoms with van der Waals surface area (Å²) in [7, 11) is 0. The van der Waals surface area contributed by atoms with Crippen LogP contribution in [-0.2, 0) is 6.42 Å². The number of hydrogen-bond donors (Lipinski definition) is 1. The van der Waals surface area contributed by atoms with Crippen molar-refractivity contribution < 1.29 is 4.42 Å². The van der Waals surface area contributed by atoms with E-state index in [1.165, 1.54) is 5.56 Å². The highest BCUT2D eigenvalue weighted by Gasteiger charge is 2.09.